The molecular formula is C16H29ClIN5O2S2. The number of sulfonamides is 1. The van der Waals surface area contributed by atoms with Crippen molar-refractivity contribution < 1.29 is 8.42 Å². The molecule has 2 rings (SSSR count). The summed E-state index contributed by atoms with van der Waals surface area (Å²) >= 11 is 6.84. The van der Waals surface area contributed by atoms with Crippen molar-refractivity contribution in [2.24, 2.45) is 4.99 Å². The normalized spacial score (nSPS) is 17.0. The number of hydrogen-bond donors (Lipinski definition) is 3. The number of guanidine groups is 1. The van der Waals surface area contributed by atoms with Crippen molar-refractivity contribution >= 4 is 62.9 Å². The highest BCUT2D eigenvalue weighted by Crippen LogP contribution is 2.25. The maximum Gasteiger partial charge on any atom is 0.250 e. The molecule has 0 atom stereocenters. The lowest BCUT2D eigenvalue weighted by atomic mass is 10.0. The van der Waals surface area contributed by atoms with Gasteiger partial charge in [-0.15, -0.1) is 35.3 Å². The van der Waals surface area contributed by atoms with Crippen LogP contribution in [0.15, 0.2) is 21.3 Å². The molecule has 156 valence electrons. The lowest BCUT2D eigenvalue weighted by Gasteiger charge is -2.35. The van der Waals surface area contributed by atoms with Gasteiger partial charge in [-0.05, 0) is 38.8 Å². The molecule has 0 bridgehead atoms. The first-order chi connectivity index (χ1) is 12.3. The molecule has 1 aromatic heterocycles. The monoisotopic (exact) mass is 549 g/mol. The Balaban J connectivity index is 0.00000364. The average Bonchev–Trinajstić information content (AvgIpc) is 3.05. The maximum absolute atomic E-state index is 12.1. The smallest absolute Gasteiger partial charge is 0.250 e. The zero-order valence-electron chi connectivity index (χ0n) is 15.9. The van der Waals surface area contributed by atoms with Crippen LogP contribution in [0.25, 0.3) is 0 Å². The fourth-order valence-electron chi connectivity index (χ4n) is 2.83. The summed E-state index contributed by atoms with van der Waals surface area (Å²) in [4.78, 5) is 6.69. The molecule has 0 radical (unpaired) electrons. The number of aliphatic imine (C=N–C) groups is 1. The van der Waals surface area contributed by atoms with E-state index >= 15 is 0 Å². The summed E-state index contributed by atoms with van der Waals surface area (Å²) in [5.74, 6) is 0.700. The van der Waals surface area contributed by atoms with E-state index in [-0.39, 0.29) is 34.7 Å². The van der Waals surface area contributed by atoms with Crippen LogP contribution in [0.5, 0.6) is 0 Å². The summed E-state index contributed by atoms with van der Waals surface area (Å²) in [5, 5.41) is 6.57. The van der Waals surface area contributed by atoms with Gasteiger partial charge in [0.05, 0.1) is 4.34 Å². The van der Waals surface area contributed by atoms with Gasteiger partial charge in [-0.25, -0.2) is 13.1 Å². The molecule has 3 N–H and O–H groups in total. The predicted octanol–water partition coefficient (Wildman–Crippen LogP) is 2.34. The van der Waals surface area contributed by atoms with E-state index in [1.807, 2.05) is 0 Å². The van der Waals surface area contributed by atoms with Gasteiger partial charge in [0.25, 0.3) is 0 Å². The van der Waals surface area contributed by atoms with Crippen molar-refractivity contribution in [2.45, 2.75) is 43.0 Å². The van der Waals surface area contributed by atoms with Crippen LogP contribution >= 0.6 is 46.9 Å². The number of rotatable bonds is 7. The minimum absolute atomic E-state index is 0. The van der Waals surface area contributed by atoms with Gasteiger partial charge >= 0.3 is 0 Å². The van der Waals surface area contributed by atoms with Crippen LogP contribution in [-0.2, 0) is 10.0 Å². The number of thiophene rings is 1. The van der Waals surface area contributed by atoms with Crippen molar-refractivity contribution in [3.8, 4) is 0 Å². The molecule has 1 aromatic rings. The number of nitrogens with one attached hydrogen (secondary N) is 3. The van der Waals surface area contributed by atoms with Gasteiger partial charge in [0.15, 0.2) is 5.96 Å². The first-order valence-corrected chi connectivity index (χ1v) is 11.5. The fraction of sp³-hybridized carbons (Fsp3) is 0.688. The first kappa shape index (κ1) is 24.9. The molecule has 1 fully saturated rings. The van der Waals surface area contributed by atoms with Crippen molar-refractivity contribution in [3.05, 3.63) is 16.5 Å². The number of nitrogens with zero attached hydrogens (tertiary/aromatic N) is 2. The second kappa shape index (κ2) is 11.8. The minimum Gasteiger partial charge on any atom is -0.355 e. The first-order valence-electron chi connectivity index (χ1n) is 8.78. The second-order valence-electron chi connectivity index (χ2n) is 6.50. The number of halogens is 2. The molecule has 0 saturated carbocycles. The van der Waals surface area contributed by atoms with E-state index in [1.54, 1.807) is 13.1 Å². The van der Waals surface area contributed by atoms with Gasteiger partial charge in [-0.2, -0.15) is 0 Å². The van der Waals surface area contributed by atoms with E-state index in [9.17, 15) is 8.42 Å². The average molecular weight is 550 g/mol. The summed E-state index contributed by atoms with van der Waals surface area (Å²) in [7, 11) is -1.79. The second-order valence-corrected chi connectivity index (χ2v) is 10.2. The Morgan fingerprint density at radius 3 is 2.52 bits per heavy atom. The molecule has 11 heteroatoms. The Bertz CT molecular complexity index is 703. The van der Waals surface area contributed by atoms with Crippen molar-refractivity contribution in [3.63, 3.8) is 0 Å². The summed E-state index contributed by atoms with van der Waals surface area (Å²) < 4.78 is 27.5. The molecule has 2 heterocycles. The number of piperidine rings is 1. The Hall–Kier alpha value is -0.140. The highest BCUT2D eigenvalue weighted by Gasteiger charge is 2.21. The summed E-state index contributed by atoms with van der Waals surface area (Å²) in [6, 6.07) is 4.06. The van der Waals surface area contributed by atoms with Gasteiger partial charge < -0.3 is 15.5 Å². The molecule has 1 aliphatic heterocycles. The highest BCUT2D eigenvalue weighted by molar-refractivity contribution is 14.0. The molecule has 0 aliphatic carbocycles. The Morgan fingerprint density at radius 2 is 2.00 bits per heavy atom. The Kier molecular flexibility index (Phi) is 10.8. The van der Waals surface area contributed by atoms with Gasteiger partial charge in [-0.3, -0.25) is 4.99 Å². The molecule has 1 aliphatic rings. The Labute approximate surface area is 188 Å². The molecule has 0 unspecified atom stereocenters. The van der Waals surface area contributed by atoms with Crippen LogP contribution < -0.4 is 15.4 Å². The molecule has 0 spiro atoms. The van der Waals surface area contributed by atoms with Gasteiger partial charge in [0.1, 0.15) is 4.21 Å². The highest BCUT2D eigenvalue weighted by atomic mass is 127. The van der Waals surface area contributed by atoms with Crippen LogP contribution in [0.1, 0.15) is 26.7 Å². The third kappa shape index (κ3) is 8.01. The predicted molar refractivity (Wildman–Crippen MR) is 124 cm³/mol. The van der Waals surface area contributed by atoms with Gasteiger partial charge in [0, 0.05) is 45.3 Å². The maximum atomic E-state index is 12.1. The molecule has 27 heavy (non-hydrogen) atoms. The third-order valence-corrected chi connectivity index (χ3v) is 7.53. The van der Waals surface area contributed by atoms with Crippen LogP contribution in [-0.4, -0.2) is 64.6 Å². The van der Waals surface area contributed by atoms with Gasteiger partial charge in [0.2, 0.25) is 10.0 Å². The van der Waals surface area contributed by atoms with E-state index in [0.29, 0.717) is 28.9 Å². The SMILES string of the molecule is CN=C(NCCNS(=O)(=O)c1ccc(Cl)s1)NC1CCN(C(C)C)CC1.I. The van der Waals surface area contributed by atoms with Crippen molar-refractivity contribution in [2.75, 3.05) is 33.2 Å². The lowest BCUT2D eigenvalue weighted by molar-refractivity contribution is 0.167. The van der Waals surface area contributed by atoms with Crippen LogP contribution in [0.4, 0.5) is 0 Å². The third-order valence-electron chi connectivity index (χ3n) is 4.35. The number of hydrogen-bond acceptors (Lipinski definition) is 5. The Morgan fingerprint density at radius 1 is 1.33 bits per heavy atom. The van der Waals surface area contributed by atoms with E-state index in [2.05, 4.69) is 39.1 Å². The molecule has 0 aromatic carbocycles. The largest absolute Gasteiger partial charge is 0.355 e. The zero-order chi connectivity index (χ0) is 19.2. The van der Waals surface area contributed by atoms with Crippen molar-refractivity contribution in [1.29, 1.82) is 0 Å². The van der Waals surface area contributed by atoms with Gasteiger partial charge in [-0.1, -0.05) is 11.6 Å². The number of likely N-dealkylation sites (tertiary alicyclic amines) is 1. The fourth-order valence-corrected chi connectivity index (χ4v) is 5.39. The molecule has 1 saturated heterocycles. The van der Waals surface area contributed by atoms with E-state index in [1.165, 1.54) is 6.07 Å². The van der Waals surface area contributed by atoms with E-state index in [0.717, 1.165) is 37.3 Å². The summed E-state index contributed by atoms with van der Waals surface area (Å²) in [6.07, 6.45) is 2.15. The summed E-state index contributed by atoms with van der Waals surface area (Å²) in [6.45, 7) is 7.32. The minimum atomic E-state index is -3.51. The van der Waals surface area contributed by atoms with Crippen molar-refractivity contribution in [1.82, 2.24) is 20.3 Å². The zero-order valence-corrected chi connectivity index (χ0v) is 20.6. The van der Waals surface area contributed by atoms with Crippen LogP contribution in [0.2, 0.25) is 4.34 Å². The molecule has 0 amide bonds. The van der Waals surface area contributed by atoms with Crippen LogP contribution in [0.3, 0.4) is 0 Å². The van der Waals surface area contributed by atoms with Crippen LogP contribution in [0, 0.1) is 0 Å². The molecular weight excluding hydrogens is 521 g/mol. The molecule has 7 nitrogen and oxygen atoms in total. The quantitative estimate of drug-likeness (QED) is 0.210. The summed E-state index contributed by atoms with van der Waals surface area (Å²) in [5.41, 5.74) is 0. The van der Waals surface area contributed by atoms with E-state index < -0.39 is 10.0 Å². The lowest BCUT2D eigenvalue weighted by Crippen LogP contribution is -2.50. The van der Waals surface area contributed by atoms with E-state index in [4.69, 9.17) is 11.6 Å². The topological polar surface area (TPSA) is 85.8 Å². The standard InChI is InChI=1S/C16H28ClN5O2S2.HI/c1-12(2)22-10-6-13(7-11-22)21-16(18-3)19-8-9-20-26(23,24)15-5-4-14(17)25-15;/h4-5,12-13,20H,6-11H2,1-3H3,(H2,18,19,21);1H.